The van der Waals surface area contributed by atoms with Crippen LogP contribution in [0.25, 0.3) is 10.7 Å². The van der Waals surface area contributed by atoms with Gasteiger partial charge in [0.2, 0.25) is 0 Å². The summed E-state index contributed by atoms with van der Waals surface area (Å²) in [7, 11) is 0. The molecule has 3 aromatic rings. The average molecular weight is 477 g/mol. The zero-order valence-electron chi connectivity index (χ0n) is 13.9. The van der Waals surface area contributed by atoms with Gasteiger partial charge in [-0.05, 0) is 6.92 Å². The highest BCUT2D eigenvalue weighted by Crippen LogP contribution is 2.40. The average Bonchev–Trinajstić information content (AvgIpc) is 3.38. The molecule has 1 unspecified atom stereocenters. The zero-order chi connectivity index (χ0) is 19.9. The summed E-state index contributed by atoms with van der Waals surface area (Å²) < 4.78 is 29.3. The molecule has 0 radical (unpaired) electrons. The van der Waals surface area contributed by atoms with Crippen LogP contribution in [-0.4, -0.2) is 47.3 Å². The number of carbonyl (C=O) groups is 1. The highest BCUT2D eigenvalue weighted by molar-refractivity contribution is 8.01. The lowest BCUT2D eigenvalue weighted by atomic mass is 10.5. The van der Waals surface area contributed by atoms with Gasteiger partial charge in [0.05, 0.1) is 12.4 Å². The number of thiazole rings is 2. The SMILES string of the molecule is CCOC(=O)CSc1nnc(N=Nc2sc(NS(=O)[O-])nc2-c2nccs2)s1. The molecule has 0 bridgehead atoms. The van der Waals surface area contributed by atoms with Crippen molar-refractivity contribution < 1.29 is 18.3 Å². The maximum absolute atomic E-state index is 11.4. The van der Waals surface area contributed by atoms with Gasteiger partial charge in [0.1, 0.15) is 10.7 Å². The second-order valence-corrected chi connectivity index (χ2v) is 9.22. The minimum atomic E-state index is -2.51. The van der Waals surface area contributed by atoms with Crippen LogP contribution >= 0.6 is 45.8 Å². The number of esters is 1. The molecular weight excluding hydrogens is 467 g/mol. The number of nitrogens with zero attached hydrogens (tertiary/aromatic N) is 6. The fourth-order valence-electron chi connectivity index (χ4n) is 1.69. The summed E-state index contributed by atoms with van der Waals surface area (Å²) in [6.45, 7) is 2.06. The molecule has 148 valence electrons. The van der Waals surface area contributed by atoms with Crippen molar-refractivity contribution in [1.82, 2.24) is 20.2 Å². The van der Waals surface area contributed by atoms with E-state index in [2.05, 4.69) is 35.1 Å². The van der Waals surface area contributed by atoms with E-state index >= 15 is 0 Å². The lowest BCUT2D eigenvalue weighted by Gasteiger charge is -2.02. The molecule has 0 aliphatic heterocycles. The van der Waals surface area contributed by atoms with Crippen molar-refractivity contribution in [2.75, 3.05) is 17.1 Å². The second-order valence-electron chi connectivity index (χ2n) is 4.49. The molecule has 0 saturated heterocycles. The monoisotopic (exact) mass is 476 g/mol. The number of ether oxygens (including phenoxy) is 1. The van der Waals surface area contributed by atoms with Gasteiger partial charge in [0.15, 0.2) is 14.5 Å². The van der Waals surface area contributed by atoms with Crippen molar-refractivity contribution in [1.29, 1.82) is 0 Å². The van der Waals surface area contributed by atoms with Crippen LogP contribution in [0.1, 0.15) is 6.92 Å². The third-order valence-corrected chi connectivity index (χ3v) is 6.69. The van der Waals surface area contributed by atoms with Crippen molar-refractivity contribution in [2.24, 2.45) is 10.2 Å². The van der Waals surface area contributed by atoms with Crippen molar-refractivity contribution in [3.8, 4) is 10.7 Å². The predicted molar refractivity (Wildman–Crippen MR) is 107 cm³/mol. The fourth-order valence-corrected chi connectivity index (χ4v) is 5.04. The van der Waals surface area contributed by atoms with Gasteiger partial charge in [-0.15, -0.1) is 31.8 Å². The van der Waals surface area contributed by atoms with E-state index in [4.69, 9.17) is 4.74 Å². The number of anilines is 1. The van der Waals surface area contributed by atoms with E-state index in [0.29, 0.717) is 26.6 Å². The van der Waals surface area contributed by atoms with Crippen LogP contribution < -0.4 is 4.72 Å². The van der Waals surface area contributed by atoms with Crippen LogP contribution in [0.2, 0.25) is 0 Å². The van der Waals surface area contributed by atoms with Crippen LogP contribution in [0.3, 0.4) is 0 Å². The molecule has 11 nitrogen and oxygen atoms in total. The van der Waals surface area contributed by atoms with Gasteiger partial charge in [-0.1, -0.05) is 34.4 Å². The summed E-state index contributed by atoms with van der Waals surface area (Å²) in [6, 6.07) is 0. The highest BCUT2D eigenvalue weighted by Gasteiger charge is 2.16. The molecule has 0 aliphatic carbocycles. The normalized spacial score (nSPS) is 12.4. The van der Waals surface area contributed by atoms with E-state index < -0.39 is 11.3 Å². The van der Waals surface area contributed by atoms with Crippen LogP contribution in [-0.2, 0) is 20.8 Å². The molecule has 0 fully saturated rings. The molecule has 0 spiro atoms. The number of nitrogens with one attached hydrogen (secondary N) is 1. The molecule has 0 aromatic carbocycles. The molecule has 3 rings (SSSR count). The molecule has 0 amide bonds. The van der Waals surface area contributed by atoms with Crippen LogP contribution in [0.5, 0.6) is 0 Å². The summed E-state index contributed by atoms with van der Waals surface area (Å²) in [6.07, 6.45) is 1.61. The summed E-state index contributed by atoms with van der Waals surface area (Å²) >= 11 is 2.20. The minimum Gasteiger partial charge on any atom is -0.755 e. The number of rotatable bonds is 9. The van der Waals surface area contributed by atoms with Gasteiger partial charge in [-0.2, -0.15) is 0 Å². The largest absolute Gasteiger partial charge is 0.755 e. The second kappa shape index (κ2) is 10.1. The molecule has 1 N–H and O–H groups in total. The Labute approximate surface area is 177 Å². The van der Waals surface area contributed by atoms with E-state index in [0.717, 1.165) is 22.7 Å². The molecule has 16 heteroatoms. The van der Waals surface area contributed by atoms with Crippen molar-refractivity contribution in [3.05, 3.63) is 11.6 Å². The predicted octanol–water partition coefficient (Wildman–Crippen LogP) is 3.39. The van der Waals surface area contributed by atoms with Gasteiger partial charge in [0.25, 0.3) is 5.13 Å². The lowest BCUT2D eigenvalue weighted by Crippen LogP contribution is -2.06. The quantitative estimate of drug-likeness (QED) is 0.212. The number of thioether (sulfide) groups is 1. The van der Waals surface area contributed by atoms with Crippen LogP contribution in [0, 0.1) is 0 Å². The molecule has 0 saturated carbocycles. The molecule has 1 atom stereocenters. The Kier molecular flexibility index (Phi) is 7.51. The Bertz CT molecular complexity index is 987. The maximum atomic E-state index is 11.4. The first kappa shape index (κ1) is 20.9. The Balaban J connectivity index is 1.74. The van der Waals surface area contributed by atoms with Crippen LogP contribution in [0.15, 0.2) is 26.1 Å². The number of aromatic nitrogens is 4. The Morgan fingerprint density at radius 3 is 2.96 bits per heavy atom. The van der Waals surface area contributed by atoms with Crippen LogP contribution in [0.4, 0.5) is 15.3 Å². The maximum Gasteiger partial charge on any atom is 0.316 e. The van der Waals surface area contributed by atoms with Crippen molar-refractivity contribution in [2.45, 2.75) is 11.3 Å². The third-order valence-electron chi connectivity index (χ3n) is 2.66. The topological polar surface area (TPSA) is 155 Å². The summed E-state index contributed by atoms with van der Waals surface area (Å²) in [5.74, 6) is -0.205. The van der Waals surface area contributed by atoms with Crippen molar-refractivity contribution >= 4 is 78.3 Å². The number of hydrogen-bond acceptors (Lipinski definition) is 14. The van der Waals surface area contributed by atoms with E-state index in [1.807, 2.05) is 0 Å². The van der Waals surface area contributed by atoms with Gasteiger partial charge in [-0.25, -0.2) is 9.97 Å². The van der Waals surface area contributed by atoms with Gasteiger partial charge in [0, 0.05) is 22.8 Å². The Morgan fingerprint density at radius 2 is 2.25 bits per heavy atom. The summed E-state index contributed by atoms with van der Waals surface area (Å²) in [5.41, 5.74) is 0.415. The van der Waals surface area contributed by atoms with E-state index in [9.17, 15) is 13.6 Å². The molecule has 3 heterocycles. The van der Waals surface area contributed by atoms with Gasteiger partial charge < -0.3 is 9.29 Å². The zero-order valence-corrected chi connectivity index (χ0v) is 18.0. The fraction of sp³-hybridized carbons (Fsp3) is 0.250. The van der Waals surface area contributed by atoms with Gasteiger partial charge in [-0.3, -0.25) is 13.7 Å². The van der Waals surface area contributed by atoms with E-state index in [1.165, 1.54) is 23.1 Å². The smallest absolute Gasteiger partial charge is 0.316 e. The Hall–Kier alpha value is -1.85. The Morgan fingerprint density at radius 1 is 1.39 bits per heavy atom. The first-order valence-corrected chi connectivity index (χ1v) is 11.9. The summed E-state index contributed by atoms with van der Waals surface area (Å²) in [5, 5.41) is 19.1. The first-order valence-electron chi connectivity index (χ1n) is 7.35. The number of azo groups is 1. The lowest BCUT2D eigenvalue weighted by molar-refractivity contribution is -0.139. The van der Waals surface area contributed by atoms with Gasteiger partial charge >= 0.3 is 5.97 Å². The number of hydrogen-bond donors (Lipinski definition) is 1. The first-order chi connectivity index (χ1) is 13.5. The highest BCUT2D eigenvalue weighted by atomic mass is 32.2. The van der Waals surface area contributed by atoms with E-state index in [1.54, 1.807) is 18.5 Å². The molecule has 3 aromatic heterocycles. The van der Waals surface area contributed by atoms with Crippen molar-refractivity contribution in [3.63, 3.8) is 0 Å². The molecular formula is C12H10N7O4S5-. The third kappa shape index (κ3) is 5.82. The number of carbonyl (C=O) groups excluding carboxylic acids is 1. The van der Waals surface area contributed by atoms with E-state index in [-0.39, 0.29) is 22.0 Å². The standard InChI is InChI=1S/C12H11N7O4S5/c1-2-23-6(20)5-25-12-18-17-11(27-12)16-15-9-7(8-13-3-4-24-8)14-10(26-9)19-28(21)22/h3-4H,2,5H2,1H3,(H,14,19)(H,21,22)/p-1. The summed E-state index contributed by atoms with van der Waals surface area (Å²) in [4.78, 5) is 19.7. The minimum absolute atomic E-state index is 0.129. The molecule has 0 aliphatic rings. The molecule has 28 heavy (non-hydrogen) atoms.